The van der Waals surface area contributed by atoms with Gasteiger partial charge in [0.2, 0.25) is 0 Å². The fourth-order valence-corrected chi connectivity index (χ4v) is 2.88. The standard InChI is InChI=1S/C20H24N2O4/c1-13(11-15-5-7-16(26-4)8-6-15)12-22(3)19(23)18-10-9-17(20(24)25)14(2)21-18/h5-10,13H,11-12H2,1-4H3,(H,24,25). The Hall–Kier alpha value is -2.89. The lowest BCUT2D eigenvalue weighted by Crippen LogP contribution is -2.32. The Morgan fingerprint density at radius 1 is 1.19 bits per heavy atom. The summed E-state index contributed by atoms with van der Waals surface area (Å²) in [4.78, 5) is 29.4. The fourth-order valence-electron chi connectivity index (χ4n) is 2.88. The molecule has 1 N–H and O–H groups in total. The SMILES string of the molecule is COc1ccc(CC(C)CN(C)C(=O)c2ccc(C(=O)O)c(C)n2)cc1. The number of carbonyl (C=O) groups excluding carboxylic acids is 1. The molecule has 6 nitrogen and oxygen atoms in total. The van der Waals surface area contributed by atoms with Crippen LogP contribution in [0, 0.1) is 12.8 Å². The Kier molecular flexibility index (Phi) is 6.33. The van der Waals surface area contributed by atoms with Gasteiger partial charge < -0.3 is 14.7 Å². The van der Waals surface area contributed by atoms with Crippen LogP contribution < -0.4 is 4.74 Å². The maximum Gasteiger partial charge on any atom is 0.337 e. The molecule has 138 valence electrons. The van der Waals surface area contributed by atoms with E-state index in [2.05, 4.69) is 11.9 Å². The van der Waals surface area contributed by atoms with Crippen molar-refractivity contribution < 1.29 is 19.4 Å². The number of amides is 1. The van der Waals surface area contributed by atoms with E-state index in [9.17, 15) is 9.59 Å². The van der Waals surface area contributed by atoms with Gasteiger partial charge in [0.25, 0.3) is 5.91 Å². The number of nitrogens with zero attached hydrogens (tertiary/aromatic N) is 2. The number of rotatable bonds is 7. The maximum atomic E-state index is 12.5. The van der Waals surface area contributed by atoms with Crippen molar-refractivity contribution in [3.05, 3.63) is 58.9 Å². The van der Waals surface area contributed by atoms with Crippen molar-refractivity contribution in [1.82, 2.24) is 9.88 Å². The molecule has 0 saturated heterocycles. The third-order valence-electron chi connectivity index (χ3n) is 4.21. The number of methoxy groups -OCH3 is 1. The Balaban J connectivity index is 1.99. The molecule has 0 bridgehead atoms. The summed E-state index contributed by atoms with van der Waals surface area (Å²) in [6, 6.07) is 10.8. The monoisotopic (exact) mass is 356 g/mol. The number of benzene rings is 1. The third-order valence-corrected chi connectivity index (χ3v) is 4.21. The molecule has 1 unspecified atom stereocenters. The second-order valence-electron chi connectivity index (χ2n) is 6.48. The van der Waals surface area contributed by atoms with E-state index in [4.69, 9.17) is 9.84 Å². The number of aromatic carboxylic acids is 1. The Bertz CT molecular complexity index is 787. The molecule has 1 amide bonds. The molecular formula is C20H24N2O4. The number of carboxylic acids is 1. The zero-order chi connectivity index (χ0) is 19.3. The van der Waals surface area contributed by atoms with Crippen LogP contribution in [0.1, 0.15) is 39.0 Å². The molecule has 6 heteroatoms. The topological polar surface area (TPSA) is 79.7 Å². The molecule has 0 radical (unpaired) electrons. The van der Waals surface area contributed by atoms with E-state index in [1.807, 2.05) is 24.3 Å². The van der Waals surface area contributed by atoms with Crippen LogP contribution in [0.2, 0.25) is 0 Å². The van der Waals surface area contributed by atoms with Crippen LogP contribution in [-0.2, 0) is 6.42 Å². The minimum atomic E-state index is -1.05. The van der Waals surface area contributed by atoms with Crippen molar-refractivity contribution in [2.45, 2.75) is 20.3 Å². The molecule has 0 aliphatic heterocycles. The summed E-state index contributed by atoms with van der Waals surface area (Å²) >= 11 is 0. The van der Waals surface area contributed by atoms with Crippen LogP contribution in [0.5, 0.6) is 5.75 Å². The summed E-state index contributed by atoms with van der Waals surface area (Å²) in [6.45, 7) is 4.25. The van der Waals surface area contributed by atoms with E-state index in [1.54, 1.807) is 26.0 Å². The average Bonchev–Trinajstić information content (AvgIpc) is 2.61. The van der Waals surface area contributed by atoms with E-state index in [1.165, 1.54) is 17.7 Å². The largest absolute Gasteiger partial charge is 0.497 e. The number of hydrogen-bond donors (Lipinski definition) is 1. The van der Waals surface area contributed by atoms with Gasteiger partial charge in [-0.2, -0.15) is 0 Å². The summed E-state index contributed by atoms with van der Waals surface area (Å²) in [5.74, 6) is -0.182. The van der Waals surface area contributed by atoms with Crippen molar-refractivity contribution >= 4 is 11.9 Å². The molecule has 1 atom stereocenters. The lowest BCUT2D eigenvalue weighted by atomic mass is 10.0. The summed E-state index contributed by atoms with van der Waals surface area (Å²) in [6.07, 6.45) is 0.839. The molecule has 0 fully saturated rings. The van der Waals surface area contributed by atoms with Crippen molar-refractivity contribution in [2.75, 3.05) is 20.7 Å². The zero-order valence-electron chi connectivity index (χ0n) is 15.5. The van der Waals surface area contributed by atoms with Crippen molar-refractivity contribution in [1.29, 1.82) is 0 Å². The fraction of sp³-hybridized carbons (Fsp3) is 0.350. The van der Waals surface area contributed by atoms with Gasteiger partial charge in [0.05, 0.1) is 18.4 Å². The molecular weight excluding hydrogens is 332 g/mol. The normalized spacial score (nSPS) is 11.7. The number of ether oxygens (including phenoxy) is 1. The summed E-state index contributed by atoms with van der Waals surface area (Å²) in [7, 11) is 3.37. The van der Waals surface area contributed by atoms with Gasteiger partial charge in [0, 0.05) is 13.6 Å². The lowest BCUT2D eigenvalue weighted by Gasteiger charge is -2.21. The predicted molar refractivity (Wildman–Crippen MR) is 98.8 cm³/mol. The van der Waals surface area contributed by atoms with Gasteiger partial charge in [-0.1, -0.05) is 19.1 Å². The van der Waals surface area contributed by atoms with Crippen LogP contribution in [0.3, 0.4) is 0 Å². The first-order valence-corrected chi connectivity index (χ1v) is 8.41. The Morgan fingerprint density at radius 2 is 1.85 bits per heavy atom. The molecule has 1 aromatic carbocycles. The highest BCUT2D eigenvalue weighted by Crippen LogP contribution is 2.16. The van der Waals surface area contributed by atoms with Gasteiger partial charge >= 0.3 is 5.97 Å². The van der Waals surface area contributed by atoms with Gasteiger partial charge in [0.1, 0.15) is 11.4 Å². The minimum Gasteiger partial charge on any atom is -0.497 e. The van der Waals surface area contributed by atoms with E-state index >= 15 is 0 Å². The lowest BCUT2D eigenvalue weighted by molar-refractivity contribution is 0.0692. The van der Waals surface area contributed by atoms with Gasteiger partial charge in [-0.3, -0.25) is 4.79 Å². The van der Waals surface area contributed by atoms with Crippen molar-refractivity contribution in [2.24, 2.45) is 5.92 Å². The van der Waals surface area contributed by atoms with Gasteiger partial charge in [-0.15, -0.1) is 0 Å². The number of aryl methyl sites for hydroxylation is 1. The van der Waals surface area contributed by atoms with Gasteiger partial charge in [-0.25, -0.2) is 9.78 Å². The molecule has 26 heavy (non-hydrogen) atoms. The first kappa shape index (κ1) is 19.4. The van der Waals surface area contributed by atoms with E-state index in [-0.39, 0.29) is 23.1 Å². The number of carbonyl (C=O) groups is 2. The average molecular weight is 356 g/mol. The first-order valence-electron chi connectivity index (χ1n) is 8.41. The molecule has 0 aliphatic rings. The summed E-state index contributed by atoms with van der Waals surface area (Å²) in [5.41, 5.74) is 1.88. The van der Waals surface area contributed by atoms with Gasteiger partial charge in [-0.05, 0) is 49.1 Å². The zero-order valence-corrected chi connectivity index (χ0v) is 15.5. The Labute approximate surface area is 153 Å². The maximum absolute atomic E-state index is 12.5. The molecule has 0 saturated carbocycles. The van der Waals surface area contributed by atoms with Crippen LogP contribution >= 0.6 is 0 Å². The number of carboxylic acid groups (broad SMARTS) is 1. The molecule has 0 aliphatic carbocycles. The highest BCUT2D eigenvalue weighted by molar-refractivity contribution is 5.94. The van der Waals surface area contributed by atoms with Crippen LogP contribution in [0.25, 0.3) is 0 Å². The number of pyridine rings is 1. The molecule has 1 heterocycles. The quantitative estimate of drug-likeness (QED) is 0.825. The predicted octanol–water partition coefficient (Wildman–Crippen LogP) is 3.05. The number of aromatic nitrogens is 1. The van der Waals surface area contributed by atoms with E-state index < -0.39 is 5.97 Å². The second kappa shape index (κ2) is 8.47. The van der Waals surface area contributed by atoms with Crippen LogP contribution in [-0.4, -0.2) is 47.6 Å². The summed E-state index contributed by atoms with van der Waals surface area (Å²) in [5, 5.41) is 9.05. The number of hydrogen-bond acceptors (Lipinski definition) is 4. The summed E-state index contributed by atoms with van der Waals surface area (Å²) < 4.78 is 5.16. The molecule has 2 rings (SSSR count). The molecule has 0 spiro atoms. The molecule has 2 aromatic rings. The van der Waals surface area contributed by atoms with Gasteiger partial charge in [0.15, 0.2) is 0 Å². The smallest absolute Gasteiger partial charge is 0.337 e. The Morgan fingerprint density at radius 3 is 2.38 bits per heavy atom. The van der Waals surface area contributed by atoms with Crippen molar-refractivity contribution in [3.63, 3.8) is 0 Å². The molecule has 1 aromatic heterocycles. The first-order chi connectivity index (χ1) is 12.3. The third kappa shape index (κ3) is 4.81. The van der Waals surface area contributed by atoms with Crippen LogP contribution in [0.15, 0.2) is 36.4 Å². The van der Waals surface area contributed by atoms with Crippen LogP contribution in [0.4, 0.5) is 0 Å². The van der Waals surface area contributed by atoms with E-state index in [0.717, 1.165) is 12.2 Å². The van der Waals surface area contributed by atoms with Crippen molar-refractivity contribution in [3.8, 4) is 5.75 Å². The minimum absolute atomic E-state index is 0.108. The van der Waals surface area contributed by atoms with E-state index in [0.29, 0.717) is 12.2 Å². The highest BCUT2D eigenvalue weighted by Gasteiger charge is 2.18. The highest BCUT2D eigenvalue weighted by atomic mass is 16.5. The second-order valence-corrected chi connectivity index (χ2v) is 6.48.